The fourth-order valence-corrected chi connectivity index (χ4v) is 3.61. The van der Waals surface area contributed by atoms with Gasteiger partial charge in [0.1, 0.15) is 6.61 Å². The number of benzene rings is 1. The smallest absolute Gasteiger partial charge is 0.316 e. The molecule has 1 saturated heterocycles. The van der Waals surface area contributed by atoms with Gasteiger partial charge in [-0.05, 0) is 43.5 Å². The van der Waals surface area contributed by atoms with Crippen molar-refractivity contribution >= 4 is 23.6 Å². The van der Waals surface area contributed by atoms with E-state index in [1.165, 1.54) is 22.9 Å². The third-order valence-electron chi connectivity index (χ3n) is 3.94. The van der Waals surface area contributed by atoms with E-state index >= 15 is 0 Å². The van der Waals surface area contributed by atoms with E-state index < -0.39 is 0 Å². The molecular formula is C18H21N3O3S. The number of imidazole rings is 1. The third-order valence-corrected chi connectivity index (χ3v) is 4.88. The number of aromatic nitrogens is 2. The lowest BCUT2D eigenvalue weighted by Gasteiger charge is -2.11. The van der Waals surface area contributed by atoms with Gasteiger partial charge >= 0.3 is 5.97 Å². The zero-order chi connectivity index (χ0) is 17.8. The fourth-order valence-electron chi connectivity index (χ4n) is 2.84. The Morgan fingerprint density at radius 3 is 2.80 bits per heavy atom. The van der Waals surface area contributed by atoms with Crippen LogP contribution in [-0.2, 0) is 14.3 Å². The van der Waals surface area contributed by atoms with Gasteiger partial charge in [-0.25, -0.2) is 4.98 Å². The van der Waals surface area contributed by atoms with Crippen LogP contribution in [-0.4, -0.2) is 39.8 Å². The lowest BCUT2D eigenvalue weighted by atomic mass is 10.1. The summed E-state index contributed by atoms with van der Waals surface area (Å²) in [5.41, 5.74) is 3.38. The van der Waals surface area contributed by atoms with Crippen LogP contribution in [0, 0.1) is 13.8 Å². The van der Waals surface area contributed by atoms with Gasteiger partial charge in [0, 0.05) is 24.5 Å². The number of nitrogens with zero attached hydrogens (tertiary/aromatic N) is 2. The van der Waals surface area contributed by atoms with Crippen molar-refractivity contribution in [3.05, 3.63) is 41.7 Å². The Morgan fingerprint density at radius 2 is 2.12 bits per heavy atom. The quantitative estimate of drug-likeness (QED) is 0.633. The summed E-state index contributed by atoms with van der Waals surface area (Å²) >= 11 is 1.34. The molecule has 1 aliphatic heterocycles. The van der Waals surface area contributed by atoms with E-state index in [1.54, 1.807) is 6.20 Å². The lowest BCUT2D eigenvalue weighted by Crippen LogP contribution is -2.31. The van der Waals surface area contributed by atoms with Gasteiger partial charge in [-0.3, -0.25) is 14.2 Å². The van der Waals surface area contributed by atoms with E-state index in [0.717, 1.165) is 17.3 Å². The average molecular weight is 359 g/mol. The highest BCUT2D eigenvalue weighted by Crippen LogP contribution is 2.22. The van der Waals surface area contributed by atoms with Crippen LogP contribution in [0.2, 0.25) is 0 Å². The number of ether oxygens (including phenoxy) is 1. The Bertz CT molecular complexity index is 767. The van der Waals surface area contributed by atoms with Gasteiger partial charge in [0.2, 0.25) is 5.91 Å². The number of hydrogen-bond donors (Lipinski definition) is 1. The molecule has 1 N–H and O–H groups in total. The molecule has 25 heavy (non-hydrogen) atoms. The first kappa shape index (κ1) is 17.5. The minimum atomic E-state index is -0.305. The second kappa shape index (κ2) is 7.74. The van der Waals surface area contributed by atoms with Crippen LogP contribution in [0.1, 0.15) is 24.0 Å². The normalized spacial score (nSPS) is 16.7. The van der Waals surface area contributed by atoms with E-state index in [4.69, 9.17) is 4.74 Å². The zero-order valence-electron chi connectivity index (χ0n) is 14.3. The number of nitrogens with one attached hydrogen (secondary N) is 1. The summed E-state index contributed by atoms with van der Waals surface area (Å²) in [5.74, 6) is -0.102. The Morgan fingerprint density at radius 1 is 1.36 bits per heavy atom. The molecule has 1 aromatic carbocycles. The standard InChI is InChI=1S/C18H21N3O3S/c1-12-7-13(2)9-15(8-12)21-6-5-19-18(21)25-11-17(23)24-10-14-3-4-16(22)20-14/h5-9,14H,3-4,10-11H2,1-2H3,(H,20,22). The molecule has 1 amide bonds. The monoisotopic (exact) mass is 359 g/mol. The summed E-state index contributed by atoms with van der Waals surface area (Å²) in [6.45, 7) is 4.34. The van der Waals surface area contributed by atoms with Crippen LogP contribution >= 0.6 is 11.8 Å². The highest BCUT2D eigenvalue weighted by molar-refractivity contribution is 7.99. The maximum absolute atomic E-state index is 11.9. The van der Waals surface area contributed by atoms with Crippen LogP contribution < -0.4 is 5.32 Å². The molecule has 1 atom stereocenters. The van der Waals surface area contributed by atoms with Gasteiger partial charge in [-0.2, -0.15) is 0 Å². The Hall–Kier alpha value is -2.28. The predicted octanol–water partition coefficient (Wildman–Crippen LogP) is 2.40. The number of aryl methyl sites for hydroxylation is 2. The van der Waals surface area contributed by atoms with Crippen LogP contribution in [0.25, 0.3) is 5.69 Å². The molecule has 0 saturated carbocycles. The van der Waals surface area contributed by atoms with Crippen molar-refractivity contribution in [2.45, 2.75) is 37.9 Å². The van der Waals surface area contributed by atoms with Gasteiger partial charge in [-0.1, -0.05) is 17.8 Å². The molecule has 1 aromatic heterocycles. The Labute approximate surface area is 151 Å². The lowest BCUT2D eigenvalue weighted by molar-refractivity contribution is -0.141. The number of hydrogen-bond acceptors (Lipinski definition) is 5. The molecule has 7 heteroatoms. The van der Waals surface area contributed by atoms with Gasteiger partial charge in [0.25, 0.3) is 0 Å². The van der Waals surface area contributed by atoms with Crippen molar-refractivity contribution in [2.24, 2.45) is 0 Å². The molecule has 0 aliphatic carbocycles. The van der Waals surface area contributed by atoms with E-state index in [-0.39, 0.29) is 30.3 Å². The minimum Gasteiger partial charge on any atom is -0.463 e. The van der Waals surface area contributed by atoms with E-state index in [0.29, 0.717) is 6.42 Å². The van der Waals surface area contributed by atoms with Crippen molar-refractivity contribution in [3.8, 4) is 5.69 Å². The molecule has 6 nitrogen and oxygen atoms in total. The van der Waals surface area contributed by atoms with Gasteiger partial charge < -0.3 is 10.1 Å². The summed E-state index contributed by atoms with van der Waals surface area (Å²) in [5, 5.41) is 3.53. The highest BCUT2D eigenvalue weighted by Gasteiger charge is 2.22. The van der Waals surface area contributed by atoms with Crippen LogP contribution in [0.15, 0.2) is 35.7 Å². The van der Waals surface area contributed by atoms with Crippen LogP contribution in [0.4, 0.5) is 0 Å². The second-order valence-electron chi connectivity index (χ2n) is 6.20. The summed E-state index contributed by atoms with van der Waals surface area (Å²) in [6.07, 6.45) is 4.83. The number of thioether (sulfide) groups is 1. The van der Waals surface area contributed by atoms with E-state index in [1.807, 2.05) is 10.8 Å². The molecule has 0 bridgehead atoms. The maximum atomic E-state index is 11.9. The van der Waals surface area contributed by atoms with Gasteiger partial charge in [0.05, 0.1) is 11.8 Å². The topological polar surface area (TPSA) is 73.2 Å². The molecule has 3 rings (SSSR count). The van der Waals surface area contributed by atoms with Crippen LogP contribution in [0.3, 0.4) is 0 Å². The number of carbonyl (C=O) groups excluding carboxylic acids is 2. The highest BCUT2D eigenvalue weighted by atomic mass is 32.2. The molecule has 0 spiro atoms. The molecule has 1 aliphatic rings. The zero-order valence-corrected chi connectivity index (χ0v) is 15.1. The number of carbonyl (C=O) groups is 2. The molecule has 132 valence electrons. The summed E-state index contributed by atoms with van der Waals surface area (Å²) in [4.78, 5) is 27.4. The molecule has 1 fully saturated rings. The number of rotatable bonds is 6. The Kier molecular flexibility index (Phi) is 5.43. The van der Waals surface area contributed by atoms with Gasteiger partial charge in [0.15, 0.2) is 5.16 Å². The summed E-state index contributed by atoms with van der Waals surface area (Å²) in [6, 6.07) is 6.23. The first-order valence-corrected chi connectivity index (χ1v) is 9.19. The molecule has 0 radical (unpaired) electrons. The van der Waals surface area contributed by atoms with Crippen molar-refractivity contribution in [3.63, 3.8) is 0 Å². The first-order chi connectivity index (χ1) is 12.0. The largest absolute Gasteiger partial charge is 0.463 e. The van der Waals surface area contributed by atoms with Crippen molar-refractivity contribution < 1.29 is 14.3 Å². The van der Waals surface area contributed by atoms with E-state index in [9.17, 15) is 9.59 Å². The Balaban J connectivity index is 1.56. The molecule has 1 unspecified atom stereocenters. The van der Waals surface area contributed by atoms with Crippen molar-refractivity contribution in [1.29, 1.82) is 0 Å². The summed E-state index contributed by atoms with van der Waals surface area (Å²) < 4.78 is 7.21. The second-order valence-corrected chi connectivity index (χ2v) is 7.14. The van der Waals surface area contributed by atoms with Crippen molar-refractivity contribution in [2.75, 3.05) is 12.4 Å². The third kappa shape index (κ3) is 4.63. The van der Waals surface area contributed by atoms with Crippen molar-refractivity contribution in [1.82, 2.24) is 14.9 Å². The average Bonchev–Trinajstić information content (AvgIpc) is 3.18. The van der Waals surface area contributed by atoms with Gasteiger partial charge in [-0.15, -0.1) is 0 Å². The molecular weight excluding hydrogens is 338 g/mol. The number of esters is 1. The first-order valence-electron chi connectivity index (χ1n) is 8.21. The van der Waals surface area contributed by atoms with E-state index in [2.05, 4.69) is 42.3 Å². The fraction of sp³-hybridized carbons (Fsp3) is 0.389. The SMILES string of the molecule is Cc1cc(C)cc(-n2ccnc2SCC(=O)OCC2CCC(=O)N2)c1. The maximum Gasteiger partial charge on any atom is 0.316 e. The summed E-state index contributed by atoms with van der Waals surface area (Å²) in [7, 11) is 0. The predicted molar refractivity (Wildman–Crippen MR) is 95.9 cm³/mol. The number of amides is 1. The van der Waals surface area contributed by atoms with Crippen LogP contribution in [0.5, 0.6) is 0 Å². The molecule has 2 aromatic rings. The minimum absolute atomic E-state index is 0.0194. The molecule has 2 heterocycles.